The van der Waals surface area contributed by atoms with Gasteiger partial charge in [-0.2, -0.15) is 0 Å². The zero-order chi connectivity index (χ0) is 15.1. The molecule has 1 unspecified atom stereocenters. The van der Waals surface area contributed by atoms with Crippen LogP contribution >= 0.6 is 0 Å². The summed E-state index contributed by atoms with van der Waals surface area (Å²) in [6.45, 7) is 6.64. The number of pyridine rings is 1. The van der Waals surface area contributed by atoms with Gasteiger partial charge in [0, 0.05) is 32.1 Å². The molecule has 1 atom stereocenters. The summed E-state index contributed by atoms with van der Waals surface area (Å²) in [5.41, 5.74) is 1.47. The fourth-order valence-corrected chi connectivity index (χ4v) is 2.28. The molecular formula is C16H25N3O2. The van der Waals surface area contributed by atoms with Gasteiger partial charge in [-0.05, 0) is 31.2 Å². The van der Waals surface area contributed by atoms with Crippen molar-refractivity contribution in [2.45, 2.75) is 39.2 Å². The zero-order valence-corrected chi connectivity index (χ0v) is 12.9. The number of carbonyl (C=O) groups is 1. The van der Waals surface area contributed by atoms with Crippen LogP contribution in [0.1, 0.15) is 43.5 Å². The molecular weight excluding hydrogens is 266 g/mol. The summed E-state index contributed by atoms with van der Waals surface area (Å²) in [7, 11) is 0. The van der Waals surface area contributed by atoms with E-state index in [4.69, 9.17) is 4.74 Å². The van der Waals surface area contributed by atoms with Crippen LogP contribution in [0.3, 0.4) is 0 Å². The fourth-order valence-electron chi connectivity index (χ4n) is 2.28. The number of hydrogen-bond donors (Lipinski definition) is 2. The lowest BCUT2D eigenvalue weighted by Gasteiger charge is -2.12. The van der Waals surface area contributed by atoms with Gasteiger partial charge in [-0.3, -0.25) is 9.78 Å². The standard InChI is InChI=1S/C16H25N3O2/c1-12(2)5-6-18-14-8-13(9-17-10-14)16(20)19-11-15-4-3-7-21-15/h8-10,12,15,18H,3-7,11H2,1-2H3,(H,19,20). The van der Waals surface area contributed by atoms with Crippen molar-refractivity contribution in [3.63, 3.8) is 0 Å². The van der Waals surface area contributed by atoms with Gasteiger partial charge >= 0.3 is 0 Å². The van der Waals surface area contributed by atoms with E-state index in [9.17, 15) is 4.79 Å². The molecule has 1 aliphatic heterocycles. The molecule has 2 heterocycles. The van der Waals surface area contributed by atoms with E-state index in [-0.39, 0.29) is 12.0 Å². The maximum Gasteiger partial charge on any atom is 0.253 e. The van der Waals surface area contributed by atoms with Crippen LogP contribution in [0.5, 0.6) is 0 Å². The van der Waals surface area contributed by atoms with Crippen LogP contribution in [0.4, 0.5) is 5.69 Å². The number of aromatic nitrogens is 1. The van der Waals surface area contributed by atoms with Gasteiger partial charge in [0.2, 0.25) is 0 Å². The largest absolute Gasteiger partial charge is 0.384 e. The molecule has 0 spiro atoms. The van der Waals surface area contributed by atoms with Gasteiger partial charge in [0.05, 0.1) is 17.4 Å². The molecule has 5 nitrogen and oxygen atoms in total. The van der Waals surface area contributed by atoms with E-state index in [1.54, 1.807) is 12.4 Å². The van der Waals surface area contributed by atoms with Crippen LogP contribution in [0.2, 0.25) is 0 Å². The summed E-state index contributed by atoms with van der Waals surface area (Å²) in [6, 6.07) is 1.85. The van der Waals surface area contributed by atoms with Crippen LogP contribution in [0.15, 0.2) is 18.5 Å². The molecule has 1 aromatic rings. The average molecular weight is 291 g/mol. The molecule has 0 aliphatic carbocycles. The number of carbonyl (C=O) groups excluding carboxylic acids is 1. The van der Waals surface area contributed by atoms with E-state index < -0.39 is 0 Å². The number of rotatable bonds is 7. The lowest BCUT2D eigenvalue weighted by atomic mass is 10.1. The minimum absolute atomic E-state index is 0.0921. The summed E-state index contributed by atoms with van der Waals surface area (Å²) < 4.78 is 5.50. The van der Waals surface area contributed by atoms with Crippen LogP contribution in [0.25, 0.3) is 0 Å². The van der Waals surface area contributed by atoms with E-state index in [0.717, 1.165) is 38.1 Å². The molecule has 0 radical (unpaired) electrons. The van der Waals surface area contributed by atoms with Gasteiger partial charge in [-0.1, -0.05) is 13.8 Å². The SMILES string of the molecule is CC(C)CCNc1cncc(C(=O)NCC2CCCO2)c1. The number of nitrogens with zero attached hydrogens (tertiary/aromatic N) is 1. The van der Waals surface area contributed by atoms with Crippen molar-refractivity contribution in [3.05, 3.63) is 24.0 Å². The Morgan fingerprint density at radius 2 is 2.33 bits per heavy atom. The number of amides is 1. The quantitative estimate of drug-likeness (QED) is 0.810. The second-order valence-corrected chi connectivity index (χ2v) is 5.92. The fraction of sp³-hybridized carbons (Fsp3) is 0.625. The van der Waals surface area contributed by atoms with Crippen molar-refractivity contribution in [3.8, 4) is 0 Å². The predicted octanol–water partition coefficient (Wildman–Crippen LogP) is 2.45. The van der Waals surface area contributed by atoms with Crippen molar-refractivity contribution in [1.82, 2.24) is 10.3 Å². The highest BCUT2D eigenvalue weighted by molar-refractivity contribution is 5.94. The van der Waals surface area contributed by atoms with Crippen LogP contribution in [-0.2, 0) is 4.74 Å². The Balaban J connectivity index is 1.82. The first-order valence-corrected chi connectivity index (χ1v) is 7.74. The summed E-state index contributed by atoms with van der Waals surface area (Å²) in [4.78, 5) is 16.2. The molecule has 0 saturated carbocycles. The highest BCUT2D eigenvalue weighted by atomic mass is 16.5. The first-order chi connectivity index (χ1) is 10.1. The monoisotopic (exact) mass is 291 g/mol. The molecule has 116 valence electrons. The number of nitrogens with one attached hydrogen (secondary N) is 2. The maximum atomic E-state index is 12.1. The van der Waals surface area contributed by atoms with E-state index in [0.29, 0.717) is 18.0 Å². The maximum absolute atomic E-state index is 12.1. The molecule has 1 fully saturated rings. The van der Waals surface area contributed by atoms with Crippen LogP contribution in [-0.4, -0.2) is 36.7 Å². The number of ether oxygens (including phenoxy) is 1. The first-order valence-electron chi connectivity index (χ1n) is 7.74. The Bertz CT molecular complexity index is 457. The average Bonchev–Trinajstić information content (AvgIpc) is 2.98. The van der Waals surface area contributed by atoms with E-state index in [2.05, 4.69) is 29.5 Å². The molecule has 1 amide bonds. The van der Waals surface area contributed by atoms with E-state index in [1.807, 2.05) is 6.07 Å². The van der Waals surface area contributed by atoms with Crippen LogP contribution in [0, 0.1) is 5.92 Å². The van der Waals surface area contributed by atoms with Crippen molar-refractivity contribution >= 4 is 11.6 Å². The minimum Gasteiger partial charge on any atom is -0.384 e. The Kier molecular flexibility index (Phi) is 5.99. The molecule has 5 heteroatoms. The highest BCUT2D eigenvalue weighted by Gasteiger charge is 2.16. The third-order valence-electron chi connectivity index (χ3n) is 3.57. The van der Waals surface area contributed by atoms with Gasteiger partial charge < -0.3 is 15.4 Å². The summed E-state index contributed by atoms with van der Waals surface area (Å²) >= 11 is 0. The molecule has 0 bridgehead atoms. The van der Waals surface area contributed by atoms with Gasteiger partial charge in [0.25, 0.3) is 5.91 Å². The molecule has 21 heavy (non-hydrogen) atoms. The lowest BCUT2D eigenvalue weighted by molar-refractivity contribution is 0.0857. The van der Waals surface area contributed by atoms with Gasteiger partial charge in [0.15, 0.2) is 0 Å². The Morgan fingerprint density at radius 3 is 3.05 bits per heavy atom. The first kappa shape index (κ1) is 15.8. The van der Waals surface area contributed by atoms with E-state index in [1.165, 1.54) is 0 Å². The normalized spacial score (nSPS) is 18.0. The zero-order valence-electron chi connectivity index (χ0n) is 12.9. The minimum atomic E-state index is -0.0921. The van der Waals surface area contributed by atoms with Crippen LogP contribution < -0.4 is 10.6 Å². The topological polar surface area (TPSA) is 63.2 Å². The third-order valence-corrected chi connectivity index (χ3v) is 3.57. The van der Waals surface area contributed by atoms with Crippen molar-refractivity contribution < 1.29 is 9.53 Å². The second kappa shape index (κ2) is 7.98. The number of hydrogen-bond acceptors (Lipinski definition) is 4. The lowest BCUT2D eigenvalue weighted by Crippen LogP contribution is -2.31. The highest BCUT2D eigenvalue weighted by Crippen LogP contribution is 2.12. The third kappa shape index (κ3) is 5.34. The van der Waals surface area contributed by atoms with Gasteiger partial charge in [-0.15, -0.1) is 0 Å². The van der Waals surface area contributed by atoms with Crippen molar-refractivity contribution in [1.29, 1.82) is 0 Å². The molecule has 2 rings (SSSR count). The molecule has 1 aliphatic rings. The molecule has 1 aromatic heterocycles. The smallest absolute Gasteiger partial charge is 0.253 e. The Hall–Kier alpha value is -1.62. The van der Waals surface area contributed by atoms with Gasteiger partial charge in [-0.25, -0.2) is 0 Å². The second-order valence-electron chi connectivity index (χ2n) is 5.92. The molecule has 2 N–H and O–H groups in total. The van der Waals surface area contributed by atoms with Gasteiger partial charge in [0.1, 0.15) is 0 Å². The number of anilines is 1. The molecule has 1 saturated heterocycles. The Labute approximate surface area is 126 Å². The van der Waals surface area contributed by atoms with E-state index >= 15 is 0 Å². The molecule has 0 aromatic carbocycles. The summed E-state index contributed by atoms with van der Waals surface area (Å²) in [6.07, 6.45) is 6.70. The Morgan fingerprint density at radius 1 is 1.48 bits per heavy atom. The predicted molar refractivity (Wildman–Crippen MR) is 83.5 cm³/mol. The summed E-state index contributed by atoms with van der Waals surface area (Å²) in [5, 5.41) is 6.21. The van der Waals surface area contributed by atoms with Crippen molar-refractivity contribution in [2.24, 2.45) is 5.92 Å². The summed E-state index contributed by atoms with van der Waals surface area (Å²) in [5.74, 6) is 0.564. The van der Waals surface area contributed by atoms with Crippen molar-refractivity contribution in [2.75, 3.05) is 25.0 Å².